The van der Waals surface area contributed by atoms with Gasteiger partial charge in [0.1, 0.15) is 0 Å². The summed E-state index contributed by atoms with van der Waals surface area (Å²) in [6.07, 6.45) is -5.44. The Morgan fingerprint density at radius 2 is 1.96 bits per heavy atom. The fourth-order valence-electron chi connectivity index (χ4n) is 2.90. The topological polar surface area (TPSA) is 105 Å². The van der Waals surface area contributed by atoms with E-state index >= 15 is 0 Å². The molecule has 0 unspecified atom stereocenters. The molecule has 2 heterocycles. The molecule has 0 amide bonds. The van der Waals surface area contributed by atoms with Crippen LogP contribution in [-0.2, 0) is 14.2 Å². The summed E-state index contributed by atoms with van der Waals surface area (Å²) >= 11 is 0.174. The Morgan fingerprint density at radius 3 is 2.67 bits per heavy atom. The number of hydrogen-bond acceptors (Lipinski definition) is 7. The number of aliphatic hydroxyl groups excluding tert-OH is 3. The minimum absolute atomic E-state index is 0.174. The van der Waals surface area contributed by atoms with Gasteiger partial charge in [-0.15, -0.1) is 0 Å². The normalized spacial score (nSPS) is 31.7. The molecular formula is C16H20O7Se. The molecule has 2 aliphatic rings. The molecule has 8 heteroatoms. The monoisotopic (exact) mass is 404 g/mol. The van der Waals surface area contributed by atoms with Gasteiger partial charge >= 0.3 is 145 Å². The quantitative estimate of drug-likeness (QED) is 0.422. The zero-order valence-corrected chi connectivity index (χ0v) is 14.6. The Balaban J connectivity index is 1.67. The summed E-state index contributed by atoms with van der Waals surface area (Å²) in [4.78, 5) is 11.4. The van der Waals surface area contributed by atoms with Crippen LogP contribution in [0.5, 0.6) is 0 Å². The molecular weight excluding hydrogens is 383 g/mol. The zero-order valence-electron chi connectivity index (χ0n) is 12.9. The number of carbonyl (C=O) groups is 1. The third kappa shape index (κ3) is 3.91. The van der Waals surface area contributed by atoms with Crippen molar-refractivity contribution in [3.63, 3.8) is 0 Å². The van der Waals surface area contributed by atoms with Crippen LogP contribution in [0.25, 0.3) is 0 Å². The van der Waals surface area contributed by atoms with Crippen LogP contribution >= 0.6 is 0 Å². The Morgan fingerprint density at radius 1 is 1.21 bits per heavy atom. The molecule has 1 aromatic rings. The summed E-state index contributed by atoms with van der Waals surface area (Å²) in [6, 6.07) is 10.0. The first-order valence-electron chi connectivity index (χ1n) is 7.76. The Kier molecular flexibility index (Phi) is 5.76. The first-order valence-corrected chi connectivity index (χ1v) is 9.83. The molecule has 24 heavy (non-hydrogen) atoms. The van der Waals surface area contributed by atoms with Crippen molar-refractivity contribution in [2.45, 2.75) is 48.4 Å². The van der Waals surface area contributed by atoms with Gasteiger partial charge in [-0.25, -0.2) is 0 Å². The van der Waals surface area contributed by atoms with E-state index in [2.05, 4.69) is 0 Å². The molecule has 3 rings (SSSR count). The molecule has 0 radical (unpaired) electrons. The van der Waals surface area contributed by atoms with Crippen molar-refractivity contribution in [2.75, 3.05) is 6.61 Å². The number of aliphatic hydroxyl groups is 3. The van der Waals surface area contributed by atoms with Crippen LogP contribution in [0.4, 0.5) is 4.79 Å². The molecule has 1 aromatic carbocycles. The molecule has 132 valence electrons. The molecule has 2 aliphatic heterocycles. The first kappa shape index (κ1) is 17.7. The van der Waals surface area contributed by atoms with Gasteiger partial charge in [0.2, 0.25) is 0 Å². The maximum absolute atomic E-state index is 11.4. The van der Waals surface area contributed by atoms with Crippen LogP contribution in [-0.4, -0.2) is 79.7 Å². The minimum atomic E-state index is -1.37. The van der Waals surface area contributed by atoms with Crippen molar-refractivity contribution in [3.05, 3.63) is 30.3 Å². The number of carbonyl (C=O) groups excluding carboxylic acids is 1. The van der Waals surface area contributed by atoms with Gasteiger partial charge < -0.3 is 0 Å². The third-order valence-corrected chi connectivity index (χ3v) is 6.51. The van der Waals surface area contributed by atoms with E-state index in [9.17, 15) is 15.0 Å². The second kappa shape index (κ2) is 7.82. The van der Waals surface area contributed by atoms with Gasteiger partial charge in [0, 0.05) is 0 Å². The SMILES string of the molecule is O=C1O[C@@H]2[C@H]([C@H](O)[C@H](O)CO)O[C@@H](C[Se]c3ccccc3)C[C@@H]2O1. The number of rotatable bonds is 6. The summed E-state index contributed by atoms with van der Waals surface area (Å²) in [5, 5.41) is 29.7. The first-order chi connectivity index (χ1) is 11.6. The zero-order chi connectivity index (χ0) is 17.1. The second-order valence-corrected chi connectivity index (χ2v) is 8.11. The third-order valence-electron chi connectivity index (χ3n) is 4.11. The Labute approximate surface area is 145 Å². The average molecular weight is 403 g/mol. The van der Waals surface area contributed by atoms with Gasteiger partial charge in [-0.3, -0.25) is 0 Å². The van der Waals surface area contributed by atoms with E-state index < -0.39 is 43.3 Å². The van der Waals surface area contributed by atoms with Gasteiger partial charge in [-0.05, 0) is 0 Å². The maximum atomic E-state index is 11.4. The van der Waals surface area contributed by atoms with Crippen molar-refractivity contribution < 1.29 is 34.3 Å². The van der Waals surface area contributed by atoms with Crippen LogP contribution in [0.15, 0.2) is 30.3 Å². The predicted octanol–water partition coefficient (Wildman–Crippen LogP) is -0.790. The van der Waals surface area contributed by atoms with E-state index in [1.165, 1.54) is 4.46 Å². The Hall–Kier alpha value is -1.15. The molecule has 7 nitrogen and oxygen atoms in total. The van der Waals surface area contributed by atoms with Gasteiger partial charge in [0.15, 0.2) is 0 Å². The van der Waals surface area contributed by atoms with E-state index in [1.807, 2.05) is 30.3 Å². The van der Waals surface area contributed by atoms with Gasteiger partial charge in [0.25, 0.3) is 0 Å². The number of benzene rings is 1. The van der Waals surface area contributed by atoms with Gasteiger partial charge in [-0.2, -0.15) is 0 Å². The second-order valence-electron chi connectivity index (χ2n) is 5.81. The summed E-state index contributed by atoms with van der Waals surface area (Å²) < 4.78 is 17.3. The fraction of sp³-hybridized carbons (Fsp3) is 0.562. The van der Waals surface area contributed by atoms with E-state index in [0.29, 0.717) is 6.42 Å². The van der Waals surface area contributed by atoms with Crippen molar-refractivity contribution >= 4 is 25.6 Å². The van der Waals surface area contributed by atoms with E-state index in [1.54, 1.807) is 0 Å². The molecule has 3 N–H and O–H groups in total. The number of fused-ring (bicyclic) bond motifs is 1. The van der Waals surface area contributed by atoms with Crippen LogP contribution in [0.1, 0.15) is 6.42 Å². The van der Waals surface area contributed by atoms with Crippen molar-refractivity contribution in [1.29, 1.82) is 0 Å². The van der Waals surface area contributed by atoms with Crippen LogP contribution in [0, 0.1) is 0 Å². The molecule has 2 saturated heterocycles. The molecule has 0 aliphatic carbocycles. The Bertz CT molecular complexity index is 555. The van der Waals surface area contributed by atoms with E-state index in [-0.39, 0.29) is 21.1 Å². The van der Waals surface area contributed by atoms with Crippen LogP contribution < -0.4 is 4.46 Å². The summed E-state index contributed by atoms with van der Waals surface area (Å²) in [5.74, 6) is 0. The molecule has 6 atom stereocenters. The summed E-state index contributed by atoms with van der Waals surface area (Å²) in [5.41, 5.74) is 0. The number of ether oxygens (including phenoxy) is 3. The van der Waals surface area contributed by atoms with Crippen LogP contribution in [0.3, 0.4) is 0 Å². The average Bonchev–Trinajstić information content (AvgIpc) is 2.98. The number of hydrogen-bond donors (Lipinski definition) is 3. The van der Waals surface area contributed by atoms with Gasteiger partial charge in [0.05, 0.1) is 0 Å². The molecule has 0 saturated carbocycles. The van der Waals surface area contributed by atoms with Crippen LogP contribution in [0.2, 0.25) is 5.32 Å². The summed E-state index contributed by atoms with van der Waals surface area (Å²) in [6.45, 7) is -0.605. The fourth-order valence-corrected chi connectivity index (χ4v) is 4.87. The van der Waals surface area contributed by atoms with Gasteiger partial charge in [-0.1, -0.05) is 0 Å². The standard InChI is InChI=1S/C16H20O7Se/c17-7-11(18)13(19)15-14-12(22-16(20)23-14)6-9(21-15)8-24-10-4-2-1-3-5-10/h1-5,9,11-15,17-19H,6-8H2/t9-,11-,12+,13-,14+,15+/m1/s1. The molecule has 2 fully saturated rings. The van der Waals surface area contributed by atoms with E-state index in [4.69, 9.17) is 19.3 Å². The van der Waals surface area contributed by atoms with Crippen molar-refractivity contribution in [1.82, 2.24) is 0 Å². The van der Waals surface area contributed by atoms with Crippen molar-refractivity contribution in [3.8, 4) is 0 Å². The molecule has 0 aromatic heterocycles. The molecule has 0 bridgehead atoms. The van der Waals surface area contributed by atoms with Crippen molar-refractivity contribution in [2.24, 2.45) is 0 Å². The summed E-state index contributed by atoms with van der Waals surface area (Å²) in [7, 11) is 0. The van der Waals surface area contributed by atoms with E-state index in [0.717, 1.165) is 5.32 Å². The molecule has 0 spiro atoms. The predicted molar refractivity (Wildman–Crippen MR) is 84.2 cm³/mol.